The van der Waals surface area contributed by atoms with Gasteiger partial charge in [0.05, 0.1) is 11.3 Å². The van der Waals surface area contributed by atoms with Gasteiger partial charge in [-0.2, -0.15) is 0 Å². The SMILES string of the molecule is CSc1nnc(SCC(=O)c2cc(F)ccc2F)s1. The van der Waals surface area contributed by atoms with E-state index in [1.165, 1.54) is 34.9 Å². The van der Waals surface area contributed by atoms with Gasteiger partial charge in [0.15, 0.2) is 14.5 Å². The van der Waals surface area contributed by atoms with Crippen molar-refractivity contribution < 1.29 is 13.6 Å². The summed E-state index contributed by atoms with van der Waals surface area (Å²) in [7, 11) is 0. The Balaban J connectivity index is 2.03. The van der Waals surface area contributed by atoms with Crippen molar-refractivity contribution in [1.82, 2.24) is 10.2 Å². The summed E-state index contributed by atoms with van der Waals surface area (Å²) in [6.45, 7) is 0. The first-order valence-corrected chi connectivity index (χ1v) is 8.11. The van der Waals surface area contributed by atoms with E-state index in [0.29, 0.717) is 4.34 Å². The topological polar surface area (TPSA) is 42.9 Å². The second-order valence-corrected chi connectivity index (χ2v) is 6.63. The van der Waals surface area contributed by atoms with Gasteiger partial charge in [0.2, 0.25) is 0 Å². The summed E-state index contributed by atoms with van der Waals surface area (Å²) in [6.07, 6.45) is 1.88. The summed E-state index contributed by atoms with van der Waals surface area (Å²) in [5.41, 5.74) is -0.234. The number of benzene rings is 1. The summed E-state index contributed by atoms with van der Waals surface area (Å²) in [4.78, 5) is 11.8. The molecule has 2 rings (SSSR count). The summed E-state index contributed by atoms with van der Waals surface area (Å²) in [6, 6.07) is 2.84. The highest BCUT2D eigenvalue weighted by Crippen LogP contribution is 2.28. The highest BCUT2D eigenvalue weighted by Gasteiger charge is 2.14. The Morgan fingerprint density at radius 2 is 2.05 bits per heavy atom. The van der Waals surface area contributed by atoms with Gasteiger partial charge < -0.3 is 0 Å². The van der Waals surface area contributed by atoms with Gasteiger partial charge in [-0.1, -0.05) is 34.9 Å². The van der Waals surface area contributed by atoms with Gasteiger partial charge in [-0.25, -0.2) is 8.78 Å². The van der Waals surface area contributed by atoms with Crippen molar-refractivity contribution in [3.8, 4) is 0 Å². The van der Waals surface area contributed by atoms with E-state index in [9.17, 15) is 13.6 Å². The van der Waals surface area contributed by atoms with Crippen molar-refractivity contribution in [1.29, 1.82) is 0 Å². The van der Waals surface area contributed by atoms with Crippen molar-refractivity contribution in [2.75, 3.05) is 12.0 Å². The predicted octanol–water partition coefficient (Wildman–Crippen LogP) is 3.51. The third kappa shape index (κ3) is 3.74. The smallest absolute Gasteiger partial charge is 0.176 e. The first-order chi connectivity index (χ1) is 9.10. The Morgan fingerprint density at radius 3 is 2.74 bits per heavy atom. The molecule has 8 heteroatoms. The van der Waals surface area contributed by atoms with Crippen LogP contribution >= 0.6 is 34.9 Å². The number of aromatic nitrogens is 2. The van der Waals surface area contributed by atoms with Crippen LogP contribution in [-0.4, -0.2) is 28.0 Å². The zero-order valence-electron chi connectivity index (χ0n) is 9.72. The van der Waals surface area contributed by atoms with Crippen molar-refractivity contribution in [3.05, 3.63) is 35.4 Å². The molecule has 0 atom stereocenters. The van der Waals surface area contributed by atoms with Gasteiger partial charge in [-0.3, -0.25) is 4.79 Å². The molecule has 1 aromatic heterocycles. The summed E-state index contributed by atoms with van der Waals surface area (Å²) in [5, 5.41) is 7.77. The minimum atomic E-state index is -0.714. The van der Waals surface area contributed by atoms with Gasteiger partial charge in [-0.15, -0.1) is 10.2 Å². The molecule has 1 aromatic carbocycles. The quantitative estimate of drug-likeness (QED) is 0.623. The minimum Gasteiger partial charge on any atom is -0.293 e. The molecule has 0 radical (unpaired) electrons. The molecule has 2 aromatic rings. The Bertz CT molecular complexity index is 603. The normalized spacial score (nSPS) is 10.7. The molecule has 0 bridgehead atoms. The largest absolute Gasteiger partial charge is 0.293 e. The van der Waals surface area contributed by atoms with Crippen LogP contribution in [0.25, 0.3) is 0 Å². The number of hydrogen-bond acceptors (Lipinski definition) is 6. The van der Waals surface area contributed by atoms with Gasteiger partial charge >= 0.3 is 0 Å². The van der Waals surface area contributed by atoms with Gasteiger partial charge in [0.1, 0.15) is 11.6 Å². The predicted molar refractivity (Wildman–Crippen MR) is 73.1 cm³/mol. The molecule has 0 spiro atoms. The highest BCUT2D eigenvalue weighted by molar-refractivity contribution is 8.03. The van der Waals surface area contributed by atoms with Crippen LogP contribution in [0.5, 0.6) is 0 Å². The Kier molecular flexibility index (Phi) is 4.89. The van der Waals surface area contributed by atoms with E-state index in [0.717, 1.165) is 22.5 Å². The molecule has 0 aliphatic carbocycles. The number of nitrogens with zero attached hydrogens (tertiary/aromatic N) is 2. The molecular formula is C11H8F2N2OS3. The van der Waals surface area contributed by atoms with Crippen LogP contribution in [0, 0.1) is 11.6 Å². The van der Waals surface area contributed by atoms with E-state index in [4.69, 9.17) is 0 Å². The van der Waals surface area contributed by atoms with Crippen LogP contribution in [-0.2, 0) is 0 Å². The zero-order chi connectivity index (χ0) is 13.8. The number of ketones is 1. The number of hydrogen-bond donors (Lipinski definition) is 0. The van der Waals surface area contributed by atoms with Crippen LogP contribution in [0.4, 0.5) is 8.78 Å². The highest BCUT2D eigenvalue weighted by atomic mass is 32.2. The molecule has 0 saturated heterocycles. The van der Waals surface area contributed by atoms with E-state index < -0.39 is 17.4 Å². The Hall–Kier alpha value is -0.990. The van der Waals surface area contributed by atoms with Crippen LogP contribution in [0.2, 0.25) is 0 Å². The molecule has 3 nitrogen and oxygen atoms in total. The number of thioether (sulfide) groups is 2. The van der Waals surface area contributed by atoms with Crippen LogP contribution < -0.4 is 0 Å². The lowest BCUT2D eigenvalue weighted by Gasteiger charge is -2.01. The lowest BCUT2D eigenvalue weighted by atomic mass is 10.1. The molecular weight excluding hydrogens is 310 g/mol. The maximum atomic E-state index is 13.4. The summed E-state index contributed by atoms with van der Waals surface area (Å²) in [5.74, 6) is -1.81. The van der Waals surface area contributed by atoms with Gasteiger partial charge in [0, 0.05) is 0 Å². The molecule has 0 saturated carbocycles. The molecule has 0 fully saturated rings. The standard InChI is InChI=1S/C11H8F2N2OS3/c1-17-10-14-15-11(19-10)18-5-9(16)7-4-6(12)2-3-8(7)13/h2-4H,5H2,1H3. The lowest BCUT2D eigenvalue weighted by Crippen LogP contribution is -2.05. The third-order valence-electron chi connectivity index (χ3n) is 2.12. The maximum Gasteiger partial charge on any atom is 0.176 e. The second-order valence-electron chi connectivity index (χ2n) is 3.37. The fraction of sp³-hybridized carbons (Fsp3) is 0.182. The third-order valence-corrected chi connectivity index (χ3v) is 5.15. The Morgan fingerprint density at radius 1 is 1.32 bits per heavy atom. The van der Waals surface area contributed by atoms with E-state index in [-0.39, 0.29) is 11.3 Å². The van der Waals surface area contributed by atoms with Crippen LogP contribution in [0.3, 0.4) is 0 Å². The molecule has 19 heavy (non-hydrogen) atoms. The van der Waals surface area contributed by atoms with Crippen molar-refractivity contribution in [3.63, 3.8) is 0 Å². The number of Topliss-reactive ketones (excluding diaryl/α,β-unsaturated/α-hetero) is 1. The van der Waals surface area contributed by atoms with Crippen LogP contribution in [0.15, 0.2) is 26.9 Å². The second kappa shape index (κ2) is 6.44. The number of rotatable bonds is 5. The van der Waals surface area contributed by atoms with Crippen molar-refractivity contribution >= 4 is 40.6 Å². The lowest BCUT2D eigenvalue weighted by molar-refractivity contribution is 0.101. The molecule has 0 aliphatic rings. The summed E-state index contributed by atoms with van der Waals surface area (Å²) < 4.78 is 27.8. The number of halogens is 2. The first-order valence-electron chi connectivity index (χ1n) is 5.08. The Labute approximate surface area is 120 Å². The fourth-order valence-corrected chi connectivity index (χ4v) is 3.58. The molecule has 1 heterocycles. The van der Waals surface area contributed by atoms with E-state index in [1.807, 2.05) is 6.26 Å². The molecule has 0 N–H and O–H groups in total. The van der Waals surface area contributed by atoms with E-state index >= 15 is 0 Å². The van der Waals surface area contributed by atoms with E-state index in [2.05, 4.69) is 10.2 Å². The number of carbonyl (C=O) groups excluding carboxylic acids is 1. The molecule has 100 valence electrons. The van der Waals surface area contributed by atoms with Crippen LogP contribution in [0.1, 0.15) is 10.4 Å². The average Bonchev–Trinajstić information content (AvgIpc) is 2.87. The minimum absolute atomic E-state index is 0.00336. The zero-order valence-corrected chi connectivity index (χ0v) is 12.2. The maximum absolute atomic E-state index is 13.4. The summed E-state index contributed by atoms with van der Waals surface area (Å²) >= 11 is 3.99. The molecule has 0 unspecified atom stereocenters. The van der Waals surface area contributed by atoms with Gasteiger partial charge in [-0.05, 0) is 24.5 Å². The van der Waals surface area contributed by atoms with E-state index in [1.54, 1.807) is 0 Å². The first kappa shape index (κ1) is 14.4. The number of carbonyl (C=O) groups is 1. The van der Waals surface area contributed by atoms with Crippen molar-refractivity contribution in [2.24, 2.45) is 0 Å². The van der Waals surface area contributed by atoms with Gasteiger partial charge in [0.25, 0.3) is 0 Å². The monoisotopic (exact) mass is 318 g/mol. The molecule has 0 aliphatic heterocycles. The molecule has 0 amide bonds. The van der Waals surface area contributed by atoms with Crippen molar-refractivity contribution in [2.45, 2.75) is 8.68 Å². The fourth-order valence-electron chi connectivity index (χ4n) is 1.25. The average molecular weight is 318 g/mol.